The Kier molecular flexibility index (Phi) is 7.13. The largest absolute Gasteiger partial charge is 0.508 e. The standard InChI is InChI=1S/C24H31N3O3/c1-17-7-5-6-8-20(17)13-27-19(3)24(18(2)25-27)15-26(4)14-22(29)16-30-23-11-9-21(28)10-12-23/h5-12,22,28-29H,13-16H2,1-4H3. The maximum atomic E-state index is 10.3. The molecule has 0 spiro atoms. The zero-order chi connectivity index (χ0) is 21.7. The van der Waals surface area contributed by atoms with E-state index < -0.39 is 6.10 Å². The lowest BCUT2D eigenvalue weighted by Gasteiger charge is -2.21. The van der Waals surface area contributed by atoms with Crippen LogP contribution in [0.2, 0.25) is 0 Å². The maximum Gasteiger partial charge on any atom is 0.119 e. The summed E-state index contributed by atoms with van der Waals surface area (Å²) in [6.45, 7) is 8.41. The van der Waals surface area contributed by atoms with Crippen molar-refractivity contribution in [3.63, 3.8) is 0 Å². The van der Waals surface area contributed by atoms with Gasteiger partial charge in [-0.1, -0.05) is 24.3 Å². The van der Waals surface area contributed by atoms with Gasteiger partial charge in [-0.15, -0.1) is 0 Å². The molecule has 1 aromatic heterocycles. The predicted octanol–water partition coefficient (Wildman–Crippen LogP) is 3.43. The summed E-state index contributed by atoms with van der Waals surface area (Å²) in [5, 5.41) is 24.4. The first-order valence-electron chi connectivity index (χ1n) is 10.2. The van der Waals surface area contributed by atoms with E-state index in [0.29, 0.717) is 18.8 Å². The van der Waals surface area contributed by atoms with Crippen LogP contribution in [0.4, 0.5) is 0 Å². The lowest BCUT2D eigenvalue weighted by molar-refractivity contribution is 0.0742. The number of likely N-dealkylation sites (N-methyl/N-ethyl adjacent to an activating group) is 1. The summed E-state index contributed by atoms with van der Waals surface area (Å²) in [6, 6.07) is 14.9. The summed E-state index contributed by atoms with van der Waals surface area (Å²) in [7, 11) is 1.99. The van der Waals surface area contributed by atoms with E-state index in [1.54, 1.807) is 24.3 Å². The van der Waals surface area contributed by atoms with Crippen LogP contribution in [0.1, 0.15) is 28.1 Å². The zero-order valence-corrected chi connectivity index (χ0v) is 18.2. The molecule has 0 bridgehead atoms. The highest BCUT2D eigenvalue weighted by atomic mass is 16.5. The number of phenols is 1. The Morgan fingerprint density at radius 2 is 1.77 bits per heavy atom. The van der Waals surface area contributed by atoms with Crippen molar-refractivity contribution in [1.82, 2.24) is 14.7 Å². The summed E-state index contributed by atoms with van der Waals surface area (Å²) < 4.78 is 7.66. The molecule has 160 valence electrons. The first-order chi connectivity index (χ1) is 14.3. The lowest BCUT2D eigenvalue weighted by atomic mass is 10.1. The van der Waals surface area contributed by atoms with E-state index in [2.05, 4.69) is 47.7 Å². The molecule has 1 atom stereocenters. The van der Waals surface area contributed by atoms with Gasteiger partial charge in [0.05, 0.1) is 12.2 Å². The third-order valence-corrected chi connectivity index (χ3v) is 5.34. The fourth-order valence-corrected chi connectivity index (χ4v) is 3.55. The molecule has 6 nitrogen and oxygen atoms in total. The number of nitrogens with zero attached hydrogens (tertiary/aromatic N) is 3. The lowest BCUT2D eigenvalue weighted by Crippen LogP contribution is -2.33. The minimum Gasteiger partial charge on any atom is -0.508 e. The third-order valence-electron chi connectivity index (χ3n) is 5.34. The highest BCUT2D eigenvalue weighted by Crippen LogP contribution is 2.19. The molecule has 3 rings (SSSR count). The number of aliphatic hydroxyl groups is 1. The second-order valence-electron chi connectivity index (χ2n) is 7.89. The molecule has 3 aromatic rings. The average molecular weight is 410 g/mol. The molecule has 6 heteroatoms. The minimum absolute atomic E-state index is 0.191. The number of aromatic nitrogens is 2. The summed E-state index contributed by atoms with van der Waals surface area (Å²) in [5.41, 5.74) is 5.89. The molecule has 0 aliphatic carbocycles. The SMILES string of the molecule is Cc1ccccc1Cn1nc(C)c(CN(C)CC(O)COc2ccc(O)cc2)c1C. The molecular formula is C24H31N3O3. The molecule has 0 aliphatic heterocycles. The molecule has 0 saturated carbocycles. The van der Waals surface area contributed by atoms with E-state index in [0.717, 1.165) is 17.9 Å². The predicted molar refractivity (Wildman–Crippen MR) is 118 cm³/mol. The number of aromatic hydroxyl groups is 1. The van der Waals surface area contributed by atoms with E-state index in [4.69, 9.17) is 9.84 Å². The van der Waals surface area contributed by atoms with Gasteiger partial charge < -0.3 is 14.9 Å². The first-order valence-corrected chi connectivity index (χ1v) is 10.2. The van der Waals surface area contributed by atoms with E-state index in [9.17, 15) is 10.2 Å². The van der Waals surface area contributed by atoms with Crippen molar-refractivity contribution >= 4 is 0 Å². The Bertz CT molecular complexity index is 966. The number of hydrogen-bond donors (Lipinski definition) is 2. The molecule has 0 radical (unpaired) electrons. The topological polar surface area (TPSA) is 70.8 Å². The van der Waals surface area contributed by atoms with Crippen molar-refractivity contribution in [2.24, 2.45) is 0 Å². The van der Waals surface area contributed by atoms with E-state index in [-0.39, 0.29) is 12.4 Å². The van der Waals surface area contributed by atoms with Crippen LogP contribution in [0.5, 0.6) is 11.5 Å². The quantitative estimate of drug-likeness (QED) is 0.567. The number of hydrogen-bond acceptors (Lipinski definition) is 5. The Labute approximate surface area is 178 Å². The number of aryl methyl sites for hydroxylation is 2. The molecular weight excluding hydrogens is 378 g/mol. The number of aliphatic hydroxyl groups excluding tert-OH is 1. The zero-order valence-electron chi connectivity index (χ0n) is 18.2. The molecule has 30 heavy (non-hydrogen) atoms. The van der Waals surface area contributed by atoms with Gasteiger partial charge in [0, 0.05) is 24.3 Å². The second-order valence-corrected chi connectivity index (χ2v) is 7.89. The Balaban J connectivity index is 1.56. The molecule has 1 heterocycles. The maximum absolute atomic E-state index is 10.3. The second kappa shape index (κ2) is 9.78. The smallest absolute Gasteiger partial charge is 0.119 e. The Morgan fingerprint density at radius 1 is 1.07 bits per heavy atom. The first kappa shape index (κ1) is 21.9. The van der Waals surface area contributed by atoms with Crippen molar-refractivity contribution in [2.75, 3.05) is 20.2 Å². The van der Waals surface area contributed by atoms with Crippen LogP contribution in [-0.4, -0.2) is 51.2 Å². The molecule has 2 aromatic carbocycles. The van der Waals surface area contributed by atoms with Gasteiger partial charge >= 0.3 is 0 Å². The van der Waals surface area contributed by atoms with Crippen molar-refractivity contribution in [1.29, 1.82) is 0 Å². The Morgan fingerprint density at radius 3 is 2.47 bits per heavy atom. The number of phenolic OH excluding ortho intramolecular Hbond substituents is 1. The summed E-state index contributed by atoms with van der Waals surface area (Å²) in [4.78, 5) is 2.08. The normalized spacial score (nSPS) is 12.3. The van der Waals surface area contributed by atoms with Gasteiger partial charge in [-0.25, -0.2) is 0 Å². The molecule has 0 fully saturated rings. The fourth-order valence-electron chi connectivity index (χ4n) is 3.55. The molecule has 0 aliphatic rings. The highest BCUT2D eigenvalue weighted by molar-refractivity contribution is 5.30. The average Bonchev–Trinajstić information content (AvgIpc) is 2.96. The summed E-state index contributed by atoms with van der Waals surface area (Å²) >= 11 is 0. The highest BCUT2D eigenvalue weighted by Gasteiger charge is 2.16. The molecule has 2 N–H and O–H groups in total. The van der Waals surface area contributed by atoms with Gasteiger partial charge in [0.1, 0.15) is 24.2 Å². The molecule has 0 amide bonds. The van der Waals surface area contributed by atoms with Crippen LogP contribution in [0.25, 0.3) is 0 Å². The van der Waals surface area contributed by atoms with Crippen LogP contribution in [0.15, 0.2) is 48.5 Å². The summed E-state index contributed by atoms with van der Waals surface area (Å²) in [6.07, 6.45) is -0.619. The number of rotatable bonds is 9. The van der Waals surface area contributed by atoms with Crippen LogP contribution in [-0.2, 0) is 13.1 Å². The van der Waals surface area contributed by atoms with Crippen molar-refractivity contribution in [3.8, 4) is 11.5 Å². The van der Waals surface area contributed by atoms with Gasteiger partial charge in [-0.2, -0.15) is 5.10 Å². The molecule has 0 saturated heterocycles. The van der Waals surface area contributed by atoms with Gasteiger partial charge in [0.15, 0.2) is 0 Å². The van der Waals surface area contributed by atoms with Gasteiger partial charge in [-0.05, 0) is 63.2 Å². The number of ether oxygens (including phenoxy) is 1. The van der Waals surface area contributed by atoms with Crippen LogP contribution < -0.4 is 4.74 Å². The van der Waals surface area contributed by atoms with Crippen molar-refractivity contribution in [2.45, 2.75) is 40.0 Å². The van der Waals surface area contributed by atoms with E-state index in [1.807, 2.05) is 14.0 Å². The van der Waals surface area contributed by atoms with Gasteiger partial charge in [0.25, 0.3) is 0 Å². The number of benzene rings is 2. The molecule has 1 unspecified atom stereocenters. The third kappa shape index (κ3) is 5.62. The van der Waals surface area contributed by atoms with Crippen LogP contribution >= 0.6 is 0 Å². The van der Waals surface area contributed by atoms with E-state index in [1.165, 1.54) is 16.7 Å². The minimum atomic E-state index is -0.619. The van der Waals surface area contributed by atoms with Crippen molar-refractivity contribution in [3.05, 3.63) is 76.6 Å². The van der Waals surface area contributed by atoms with E-state index >= 15 is 0 Å². The summed E-state index contributed by atoms with van der Waals surface area (Å²) in [5.74, 6) is 0.815. The monoisotopic (exact) mass is 409 g/mol. The van der Waals surface area contributed by atoms with Crippen LogP contribution in [0, 0.1) is 20.8 Å². The van der Waals surface area contributed by atoms with Gasteiger partial charge in [0.2, 0.25) is 0 Å². The van der Waals surface area contributed by atoms with Gasteiger partial charge in [-0.3, -0.25) is 9.58 Å². The Hall–Kier alpha value is -2.83. The van der Waals surface area contributed by atoms with Crippen molar-refractivity contribution < 1.29 is 14.9 Å². The van der Waals surface area contributed by atoms with Crippen LogP contribution in [0.3, 0.4) is 0 Å². The fraction of sp³-hybridized carbons (Fsp3) is 0.375.